The zero-order valence-corrected chi connectivity index (χ0v) is 18.3. The number of rotatable bonds is 7. The summed E-state index contributed by atoms with van der Waals surface area (Å²) in [7, 11) is 3.24. The van der Waals surface area contributed by atoms with Gasteiger partial charge in [0, 0.05) is 25.1 Å². The summed E-state index contributed by atoms with van der Waals surface area (Å²) < 4.78 is 16.7. The number of hydrogen-bond acceptors (Lipinski definition) is 7. The Morgan fingerprint density at radius 2 is 2.17 bits per heavy atom. The fourth-order valence-corrected chi connectivity index (χ4v) is 4.65. The Hall–Kier alpha value is -2.64. The van der Waals surface area contributed by atoms with Gasteiger partial charge in [0.05, 0.1) is 30.4 Å². The number of aryl methyl sites for hydroxylation is 1. The number of hydrogen-bond donors (Lipinski definition) is 0. The van der Waals surface area contributed by atoms with Crippen LogP contribution in [0, 0.1) is 12.8 Å². The second kappa shape index (κ2) is 9.02. The van der Waals surface area contributed by atoms with E-state index in [1.165, 1.54) is 11.3 Å². The van der Waals surface area contributed by atoms with Gasteiger partial charge in [0.25, 0.3) is 0 Å². The van der Waals surface area contributed by atoms with Crippen LogP contribution in [0.4, 0.5) is 0 Å². The third kappa shape index (κ3) is 4.27. The van der Waals surface area contributed by atoms with Crippen molar-refractivity contribution in [1.82, 2.24) is 9.88 Å². The predicted octanol–water partition coefficient (Wildman–Crippen LogP) is 4.82. The summed E-state index contributed by atoms with van der Waals surface area (Å²) in [6.45, 7) is 4.31. The molecule has 2 aromatic heterocycles. The minimum Gasteiger partial charge on any atom is -0.497 e. The van der Waals surface area contributed by atoms with E-state index in [1.807, 2.05) is 42.6 Å². The van der Waals surface area contributed by atoms with Crippen molar-refractivity contribution in [1.29, 1.82) is 0 Å². The molecule has 158 valence electrons. The van der Waals surface area contributed by atoms with Gasteiger partial charge in [-0.05, 0) is 49.9 Å². The molecule has 0 N–H and O–H groups in total. The lowest BCUT2D eigenvalue weighted by atomic mass is 9.93. The first-order valence-corrected chi connectivity index (χ1v) is 11.0. The molecule has 0 aliphatic carbocycles. The zero-order valence-electron chi connectivity index (χ0n) is 17.5. The molecule has 0 bridgehead atoms. The van der Waals surface area contributed by atoms with Crippen LogP contribution < -0.4 is 9.47 Å². The molecule has 30 heavy (non-hydrogen) atoms. The van der Waals surface area contributed by atoms with Gasteiger partial charge in [0.2, 0.25) is 5.89 Å². The van der Waals surface area contributed by atoms with Crippen LogP contribution in [0.1, 0.15) is 34.0 Å². The number of ketones is 1. The Bertz CT molecular complexity index is 1010. The maximum absolute atomic E-state index is 12.8. The summed E-state index contributed by atoms with van der Waals surface area (Å²) in [6.07, 6.45) is 1.96. The van der Waals surface area contributed by atoms with Crippen molar-refractivity contribution in [3.8, 4) is 23.0 Å². The molecule has 1 fully saturated rings. The standard InChI is InChI=1S/C23H26N2O4S/c1-15-19(24-23(29-15)18-9-8-17(27-2)12-20(18)28-3)14-25-10-4-6-16(13-25)22(26)21-7-5-11-30-21/h5,7-9,11-12,16H,4,6,10,13-14H2,1-3H3. The smallest absolute Gasteiger partial charge is 0.230 e. The molecule has 0 saturated carbocycles. The molecule has 0 spiro atoms. The van der Waals surface area contributed by atoms with Crippen LogP contribution >= 0.6 is 11.3 Å². The first-order chi connectivity index (χ1) is 14.6. The molecule has 1 unspecified atom stereocenters. The highest BCUT2D eigenvalue weighted by atomic mass is 32.1. The third-order valence-electron chi connectivity index (χ3n) is 5.55. The zero-order chi connectivity index (χ0) is 21.1. The van der Waals surface area contributed by atoms with Gasteiger partial charge in [-0.3, -0.25) is 9.69 Å². The molecule has 3 heterocycles. The van der Waals surface area contributed by atoms with Gasteiger partial charge in [0.15, 0.2) is 5.78 Å². The molecule has 0 amide bonds. The molecule has 1 aliphatic heterocycles. The maximum Gasteiger partial charge on any atom is 0.230 e. The number of benzene rings is 1. The monoisotopic (exact) mass is 426 g/mol. The lowest BCUT2D eigenvalue weighted by Crippen LogP contribution is -2.38. The second-order valence-corrected chi connectivity index (χ2v) is 8.45. The van der Waals surface area contributed by atoms with E-state index in [9.17, 15) is 4.79 Å². The SMILES string of the molecule is COc1ccc(-c2nc(CN3CCCC(C(=O)c4cccs4)C3)c(C)o2)c(OC)c1. The van der Waals surface area contributed by atoms with Crippen LogP contribution in [0.15, 0.2) is 40.1 Å². The third-order valence-corrected chi connectivity index (χ3v) is 6.43. The first-order valence-electron chi connectivity index (χ1n) is 10.1. The minimum absolute atomic E-state index is 0.0470. The van der Waals surface area contributed by atoms with Crippen LogP contribution in [-0.2, 0) is 6.54 Å². The Balaban J connectivity index is 1.49. The van der Waals surface area contributed by atoms with E-state index in [4.69, 9.17) is 18.9 Å². The molecule has 1 saturated heterocycles. The van der Waals surface area contributed by atoms with Gasteiger partial charge in [-0.2, -0.15) is 0 Å². The summed E-state index contributed by atoms with van der Waals surface area (Å²) in [6, 6.07) is 9.43. The van der Waals surface area contributed by atoms with Gasteiger partial charge in [0.1, 0.15) is 17.3 Å². The Morgan fingerprint density at radius 1 is 1.30 bits per heavy atom. The number of aromatic nitrogens is 1. The van der Waals surface area contributed by atoms with Crippen molar-refractivity contribution in [2.45, 2.75) is 26.3 Å². The number of nitrogens with zero attached hydrogens (tertiary/aromatic N) is 2. The number of Topliss-reactive ketones (excluding diaryl/α,β-unsaturated/α-hetero) is 1. The highest BCUT2D eigenvalue weighted by Crippen LogP contribution is 2.34. The Labute approximate surface area is 180 Å². The number of oxazole rings is 1. The quantitative estimate of drug-likeness (QED) is 0.505. The fourth-order valence-electron chi connectivity index (χ4n) is 3.91. The van der Waals surface area contributed by atoms with Crippen LogP contribution in [0.25, 0.3) is 11.5 Å². The van der Waals surface area contributed by atoms with Gasteiger partial charge in [-0.15, -0.1) is 11.3 Å². The summed E-state index contributed by atoms with van der Waals surface area (Å²) in [5.74, 6) is 3.00. The largest absolute Gasteiger partial charge is 0.497 e. The normalized spacial score (nSPS) is 17.1. The first kappa shape index (κ1) is 20.6. The van der Waals surface area contributed by atoms with Gasteiger partial charge >= 0.3 is 0 Å². The second-order valence-electron chi connectivity index (χ2n) is 7.50. The molecule has 4 rings (SSSR count). The Morgan fingerprint density at radius 3 is 2.90 bits per heavy atom. The average Bonchev–Trinajstić information content (AvgIpc) is 3.43. The van der Waals surface area contributed by atoms with Crippen LogP contribution in [0.2, 0.25) is 0 Å². The van der Waals surface area contributed by atoms with E-state index in [2.05, 4.69) is 4.90 Å². The number of likely N-dealkylation sites (tertiary alicyclic amines) is 1. The molecule has 7 heteroatoms. The van der Waals surface area contributed by atoms with Gasteiger partial charge in [-0.25, -0.2) is 4.98 Å². The molecule has 1 aliphatic rings. The van der Waals surface area contributed by atoms with Crippen molar-refractivity contribution in [3.05, 3.63) is 52.0 Å². The Kier molecular flexibility index (Phi) is 6.20. The summed E-state index contributed by atoms with van der Waals surface area (Å²) in [5.41, 5.74) is 1.68. The van der Waals surface area contributed by atoms with E-state index in [-0.39, 0.29) is 11.7 Å². The lowest BCUT2D eigenvalue weighted by molar-refractivity contribution is 0.0814. The van der Waals surface area contributed by atoms with E-state index < -0.39 is 0 Å². The summed E-state index contributed by atoms with van der Waals surface area (Å²) >= 11 is 1.52. The van der Waals surface area contributed by atoms with E-state index in [0.29, 0.717) is 23.9 Å². The van der Waals surface area contributed by atoms with Crippen molar-refractivity contribution in [3.63, 3.8) is 0 Å². The van der Waals surface area contributed by atoms with E-state index >= 15 is 0 Å². The minimum atomic E-state index is 0.0470. The molecule has 0 radical (unpaired) electrons. The number of carbonyl (C=O) groups is 1. The van der Waals surface area contributed by atoms with E-state index in [1.54, 1.807) is 14.2 Å². The molecular weight excluding hydrogens is 400 g/mol. The predicted molar refractivity (Wildman–Crippen MR) is 116 cm³/mol. The van der Waals surface area contributed by atoms with Crippen molar-refractivity contribution in [2.24, 2.45) is 5.92 Å². The number of ether oxygens (including phenoxy) is 2. The summed E-state index contributed by atoms with van der Waals surface area (Å²) in [5, 5.41) is 1.96. The van der Waals surface area contributed by atoms with E-state index in [0.717, 1.165) is 47.8 Å². The molecule has 3 aromatic rings. The van der Waals surface area contributed by atoms with Crippen LogP contribution in [0.5, 0.6) is 11.5 Å². The number of thiophene rings is 1. The highest BCUT2D eigenvalue weighted by Gasteiger charge is 2.28. The fraction of sp³-hybridized carbons (Fsp3) is 0.391. The van der Waals surface area contributed by atoms with Crippen molar-refractivity contribution < 1.29 is 18.7 Å². The maximum atomic E-state index is 12.8. The molecule has 1 atom stereocenters. The topological polar surface area (TPSA) is 64.8 Å². The average molecular weight is 427 g/mol. The van der Waals surface area contributed by atoms with Crippen LogP contribution in [0.3, 0.4) is 0 Å². The highest BCUT2D eigenvalue weighted by molar-refractivity contribution is 7.12. The van der Waals surface area contributed by atoms with Gasteiger partial charge in [-0.1, -0.05) is 6.07 Å². The van der Waals surface area contributed by atoms with Crippen LogP contribution in [-0.4, -0.2) is 43.0 Å². The number of piperidine rings is 1. The number of methoxy groups -OCH3 is 2. The van der Waals surface area contributed by atoms with Gasteiger partial charge < -0.3 is 13.9 Å². The van der Waals surface area contributed by atoms with Crippen molar-refractivity contribution in [2.75, 3.05) is 27.3 Å². The number of carbonyl (C=O) groups excluding carboxylic acids is 1. The molecule has 1 aromatic carbocycles. The molecule has 6 nitrogen and oxygen atoms in total. The molecular formula is C23H26N2O4S. The van der Waals surface area contributed by atoms with Crippen molar-refractivity contribution >= 4 is 17.1 Å². The lowest BCUT2D eigenvalue weighted by Gasteiger charge is -2.31. The summed E-state index contributed by atoms with van der Waals surface area (Å²) in [4.78, 5) is 20.7.